The molecule has 4 aromatic rings. The van der Waals surface area contributed by atoms with E-state index in [0.717, 1.165) is 11.1 Å². The number of carboxylic acid groups (broad SMARTS) is 1. The summed E-state index contributed by atoms with van der Waals surface area (Å²) in [5.74, 6) is 5.54. The second-order valence-electron chi connectivity index (χ2n) is 6.92. The Morgan fingerprint density at radius 3 is 2.72 bits per heavy atom. The first-order valence-electron chi connectivity index (χ1n) is 9.69. The summed E-state index contributed by atoms with van der Waals surface area (Å²) in [5, 5.41) is 9.43. The van der Waals surface area contributed by atoms with Crippen molar-refractivity contribution in [1.82, 2.24) is 19.5 Å². The highest BCUT2D eigenvalue weighted by molar-refractivity contribution is 5.87. The molecule has 3 aromatic heterocycles. The molecule has 158 valence electrons. The van der Waals surface area contributed by atoms with Crippen molar-refractivity contribution in [2.45, 2.75) is 13.0 Å². The molecule has 0 fully saturated rings. The van der Waals surface area contributed by atoms with E-state index in [-0.39, 0.29) is 17.7 Å². The third-order valence-corrected chi connectivity index (χ3v) is 4.80. The fourth-order valence-electron chi connectivity index (χ4n) is 3.16. The number of ether oxygens (including phenoxy) is 1. The molecule has 0 saturated carbocycles. The number of pyridine rings is 2. The van der Waals surface area contributed by atoms with Gasteiger partial charge in [-0.3, -0.25) is 9.36 Å². The van der Waals surface area contributed by atoms with E-state index >= 15 is 0 Å². The lowest BCUT2D eigenvalue weighted by atomic mass is 10.1. The van der Waals surface area contributed by atoms with E-state index in [9.17, 15) is 9.59 Å². The van der Waals surface area contributed by atoms with Gasteiger partial charge < -0.3 is 9.84 Å². The molecule has 0 spiro atoms. The largest absolute Gasteiger partial charge is 0.481 e. The zero-order valence-electron chi connectivity index (χ0n) is 17.1. The number of aromatic carboxylic acids is 1. The van der Waals surface area contributed by atoms with Crippen molar-refractivity contribution in [2.24, 2.45) is 0 Å². The monoisotopic (exact) mass is 426 g/mol. The quantitative estimate of drug-likeness (QED) is 0.489. The van der Waals surface area contributed by atoms with Gasteiger partial charge >= 0.3 is 5.97 Å². The van der Waals surface area contributed by atoms with Gasteiger partial charge in [-0.25, -0.2) is 19.7 Å². The number of benzene rings is 1. The Labute approximate surface area is 183 Å². The van der Waals surface area contributed by atoms with Gasteiger partial charge in [0, 0.05) is 18.2 Å². The summed E-state index contributed by atoms with van der Waals surface area (Å²) in [6, 6.07) is 11.7. The van der Waals surface area contributed by atoms with Crippen LogP contribution < -0.4 is 10.3 Å². The Morgan fingerprint density at radius 1 is 1.16 bits per heavy atom. The highest BCUT2D eigenvalue weighted by atomic mass is 16.5. The standard InChI is InChI=1S/C24H18N4O4/c1-32-22-17(5-3-11-25-22)4-2-6-19-12-20-21(13-26-19)27-15-28(23(20)29)14-16-7-9-18(10-8-16)24(30)31/h3,5,7-13,15H,4,14H2,1H3,(H,30,31). The Bertz CT molecular complexity index is 1420. The molecule has 0 bridgehead atoms. The van der Waals surface area contributed by atoms with Gasteiger partial charge in [0.15, 0.2) is 0 Å². The summed E-state index contributed by atoms with van der Waals surface area (Å²) in [4.78, 5) is 36.7. The number of carboxylic acids is 1. The molecule has 0 aliphatic carbocycles. The first kappa shape index (κ1) is 20.8. The molecule has 4 rings (SSSR count). The number of hydrogen-bond donors (Lipinski definition) is 1. The maximum absolute atomic E-state index is 13.0. The summed E-state index contributed by atoms with van der Waals surface area (Å²) in [6.45, 7) is 0.270. The van der Waals surface area contributed by atoms with E-state index in [1.807, 2.05) is 12.1 Å². The lowest BCUT2D eigenvalue weighted by Crippen LogP contribution is -2.21. The van der Waals surface area contributed by atoms with Gasteiger partial charge in [-0.2, -0.15) is 0 Å². The molecule has 0 amide bonds. The second-order valence-corrected chi connectivity index (χ2v) is 6.92. The molecule has 0 atom stereocenters. The summed E-state index contributed by atoms with van der Waals surface area (Å²) in [5.41, 5.74) is 2.56. The molecule has 32 heavy (non-hydrogen) atoms. The van der Waals surface area contributed by atoms with Crippen molar-refractivity contribution in [3.05, 3.63) is 93.9 Å². The molecular weight excluding hydrogens is 408 g/mol. The van der Waals surface area contributed by atoms with Crippen molar-refractivity contribution >= 4 is 16.9 Å². The van der Waals surface area contributed by atoms with Crippen LogP contribution in [0.3, 0.4) is 0 Å². The summed E-state index contributed by atoms with van der Waals surface area (Å²) < 4.78 is 6.69. The van der Waals surface area contributed by atoms with E-state index in [0.29, 0.717) is 28.9 Å². The van der Waals surface area contributed by atoms with Crippen LogP contribution in [0, 0.1) is 11.8 Å². The van der Waals surface area contributed by atoms with Crippen LogP contribution >= 0.6 is 0 Å². The fraction of sp³-hybridized carbons (Fsp3) is 0.125. The van der Waals surface area contributed by atoms with Crippen molar-refractivity contribution in [2.75, 3.05) is 7.11 Å². The average molecular weight is 426 g/mol. The minimum atomic E-state index is -0.996. The van der Waals surface area contributed by atoms with Crippen molar-refractivity contribution in [3.63, 3.8) is 0 Å². The number of carbonyl (C=O) groups is 1. The maximum Gasteiger partial charge on any atom is 0.335 e. The van der Waals surface area contributed by atoms with Crippen molar-refractivity contribution in [1.29, 1.82) is 0 Å². The lowest BCUT2D eigenvalue weighted by Gasteiger charge is -2.07. The first-order chi connectivity index (χ1) is 15.5. The number of hydrogen-bond acceptors (Lipinski definition) is 6. The molecule has 0 aliphatic rings. The maximum atomic E-state index is 13.0. The van der Waals surface area contributed by atoms with Gasteiger partial charge in [0.05, 0.1) is 42.6 Å². The van der Waals surface area contributed by atoms with Crippen molar-refractivity contribution < 1.29 is 14.6 Å². The second kappa shape index (κ2) is 9.10. The van der Waals surface area contributed by atoms with Crippen LogP contribution in [0.15, 0.2) is 66.0 Å². The molecule has 0 unspecified atom stereocenters. The van der Waals surface area contributed by atoms with Gasteiger partial charge in [-0.15, -0.1) is 0 Å². The van der Waals surface area contributed by atoms with Crippen LogP contribution in [0.5, 0.6) is 5.88 Å². The molecule has 8 heteroatoms. The SMILES string of the molecule is COc1ncccc1CC#Cc1cc2c(=O)n(Cc3ccc(C(=O)O)cc3)cnc2cn1. The number of aromatic nitrogens is 4. The smallest absolute Gasteiger partial charge is 0.335 e. The molecule has 1 aromatic carbocycles. The predicted octanol–water partition coefficient (Wildman–Crippen LogP) is 2.54. The van der Waals surface area contributed by atoms with Gasteiger partial charge in [0.1, 0.15) is 5.69 Å². The Kier molecular flexibility index (Phi) is 5.90. The van der Waals surface area contributed by atoms with Crippen LogP contribution in [-0.2, 0) is 13.0 Å². The van der Waals surface area contributed by atoms with Crippen molar-refractivity contribution in [3.8, 4) is 17.7 Å². The van der Waals surface area contributed by atoms with Crippen LogP contribution in [0.4, 0.5) is 0 Å². The van der Waals surface area contributed by atoms with E-state index < -0.39 is 5.97 Å². The minimum absolute atomic E-state index is 0.191. The summed E-state index contributed by atoms with van der Waals surface area (Å²) >= 11 is 0. The Hall–Kier alpha value is -4.51. The normalized spacial score (nSPS) is 10.4. The molecule has 8 nitrogen and oxygen atoms in total. The van der Waals surface area contributed by atoms with Crippen LogP contribution in [-0.4, -0.2) is 37.7 Å². The van der Waals surface area contributed by atoms with Gasteiger partial charge in [-0.1, -0.05) is 24.1 Å². The van der Waals surface area contributed by atoms with E-state index in [2.05, 4.69) is 26.8 Å². The lowest BCUT2D eigenvalue weighted by molar-refractivity contribution is 0.0697. The number of methoxy groups -OCH3 is 1. The molecule has 1 N–H and O–H groups in total. The first-order valence-corrected chi connectivity index (χ1v) is 9.69. The average Bonchev–Trinajstić information content (AvgIpc) is 2.82. The minimum Gasteiger partial charge on any atom is -0.481 e. The highest BCUT2D eigenvalue weighted by Gasteiger charge is 2.08. The molecule has 0 saturated heterocycles. The van der Waals surface area contributed by atoms with Gasteiger partial charge in [-0.05, 0) is 35.7 Å². The topological polar surface area (TPSA) is 107 Å². The molecular formula is C24H18N4O4. The van der Waals surface area contributed by atoms with Crippen LogP contribution in [0.1, 0.15) is 27.2 Å². The molecule has 0 aliphatic heterocycles. The Balaban J connectivity index is 1.59. The van der Waals surface area contributed by atoms with Crippen LogP contribution in [0.25, 0.3) is 10.9 Å². The number of fused-ring (bicyclic) bond motifs is 1. The molecule has 0 radical (unpaired) electrons. The third-order valence-electron chi connectivity index (χ3n) is 4.80. The number of nitrogens with zero attached hydrogens (tertiary/aromatic N) is 4. The predicted molar refractivity (Wildman–Crippen MR) is 118 cm³/mol. The van der Waals surface area contributed by atoms with Gasteiger partial charge in [0.25, 0.3) is 5.56 Å². The number of rotatable bonds is 5. The zero-order chi connectivity index (χ0) is 22.5. The van der Waals surface area contributed by atoms with E-state index in [4.69, 9.17) is 9.84 Å². The zero-order valence-corrected chi connectivity index (χ0v) is 17.1. The van der Waals surface area contributed by atoms with E-state index in [1.165, 1.54) is 29.2 Å². The Morgan fingerprint density at radius 2 is 1.97 bits per heavy atom. The van der Waals surface area contributed by atoms with E-state index in [1.54, 1.807) is 31.5 Å². The molecule has 3 heterocycles. The van der Waals surface area contributed by atoms with Gasteiger partial charge in [0.2, 0.25) is 5.88 Å². The fourth-order valence-corrected chi connectivity index (χ4v) is 3.16. The summed E-state index contributed by atoms with van der Waals surface area (Å²) in [6.07, 6.45) is 5.06. The highest BCUT2D eigenvalue weighted by Crippen LogP contribution is 2.14. The third kappa shape index (κ3) is 4.47. The van der Waals surface area contributed by atoms with Crippen LogP contribution in [0.2, 0.25) is 0 Å². The summed E-state index contributed by atoms with van der Waals surface area (Å²) in [7, 11) is 1.56.